The number of carbonyl (C=O) groups excluding carboxylic acids is 1. The minimum atomic E-state index is -3.17. The molecule has 9 aromatic carbocycles. The van der Waals surface area contributed by atoms with Gasteiger partial charge < -0.3 is 4.79 Å². The SMILES string of the molecule is C=O.c1ccc([PH](c2ccccc2)(c2ccccc2)[Rh]([PH](c2ccccc2)(c2ccccc2)c2ccccc2)[PH](c2ccccc2)(c2ccccc2)c2ccccc2)cc1. The average molecular weight is 923 g/mol. The molecule has 300 valence electrons. The van der Waals surface area contributed by atoms with Gasteiger partial charge in [-0.15, -0.1) is 0 Å². The number of rotatable bonds is 12. The van der Waals surface area contributed by atoms with Crippen LogP contribution in [0.4, 0.5) is 0 Å². The zero-order chi connectivity index (χ0) is 41.1. The van der Waals surface area contributed by atoms with Crippen LogP contribution in [0.5, 0.6) is 0 Å². The zero-order valence-corrected chi connectivity index (χ0v) is 38.1. The molecule has 0 fully saturated rings. The summed E-state index contributed by atoms with van der Waals surface area (Å²) in [5, 5.41) is 13.4. The Morgan fingerprint density at radius 1 is 0.200 bits per heavy atom. The van der Waals surface area contributed by atoms with Crippen molar-refractivity contribution < 1.29 is 19.3 Å². The van der Waals surface area contributed by atoms with Gasteiger partial charge >= 0.3 is 352 Å². The Morgan fingerprint density at radius 3 is 0.400 bits per heavy atom. The van der Waals surface area contributed by atoms with Crippen LogP contribution in [0.25, 0.3) is 0 Å². The molecule has 0 spiro atoms. The van der Waals surface area contributed by atoms with Crippen LogP contribution in [0.1, 0.15) is 0 Å². The standard InChI is InChI=1S/3C18H15P.CH2O.Rh/c3*1-4-10-16(11-5-1)19(17-12-6-2-7-13-17)18-14-8-3-9-15-18;1-2;/h3*1-15H;1H2;/q;;;;-3/p+3. The summed E-state index contributed by atoms with van der Waals surface area (Å²) in [7, 11) is 0. The van der Waals surface area contributed by atoms with Gasteiger partial charge in [0.25, 0.3) is 0 Å². The molecule has 0 aliphatic carbocycles. The monoisotopic (exact) mass is 922 g/mol. The van der Waals surface area contributed by atoms with E-state index in [4.69, 9.17) is 4.79 Å². The van der Waals surface area contributed by atoms with Gasteiger partial charge in [0, 0.05) is 0 Å². The van der Waals surface area contributed by atoms with E-state index in [1.807, 2.05) is 6.79 Å². The molecule has 0 aliphatic heterocycles. The van der Waals surface area contributed by atoms with Crippen molar-refractivity contribution in [2.24, 2.45) is 0 Å². The van der Waals surface area contributed by atoms with Gasteiger partial charge in [0.05, 0.1) is 0 Å². The fraction of sp³-hybridized carbons (Fsp3) is 0. The first-order valence-corrected chi connectivity index (χ1v) is 33.1. The van der Waals surface area contributed by atoms with Crippen LogP contribution < -0.4 is 47.7 Å². The quantitative estimate of drug-likeness (QED) is 0.0883. The minimum absolute atomic E-state index is 1.49. The van der Waals surface area contributed by atoms with E-state index < -0.39 is 31.3 Å². The number of benzene rings is 9. The van der Waals surface area contributed by atoms with E-state index in [0.717, 1.165) is 0 Å². The van der Waals surface area contributed by atoms with Gasteiger partial charge in [0.15, 0.2) is 0 Å². The first kappa shape index (κ1) is 41.3. The summed E-state index contributed by atoms with van der Waals surface area (Å²) in [6.07, 6.45) is 0. The molecule has 5 heteroatoms. The first-order valence-electron chi connectivity index (χ1n) is 20.2. The van der Waals surface area contributed by atoms with Crippen molar-refractivity contribution in [3.63, 3.8) is 0 Å². The topological polar surface area (TPSA) is 17.1 Å². The van der Waals surface area contributed by atoms with Gasteiger partial charge in [-0.1, -0.05) is 0 Å². The molecular weight excluding hydrogens is 872 g/mol. The number of hydrogen-bond donors (Lipinski definition) is 0. The third-order valence-electron chi connectivity index (χ3n) is 11.2. The summed E-state index contributed by atoms with van der Waals surface area (Å²) in [5.41, 5.74) is -9.50. The second-order valence-electron chi connectivity index (χ2n) is 14.4. The maximum absolute atomic E-state index is 8.00. The maximum atomic E-state index is 8.00. The fourth-order valence-corrected chi connectivity index (χ4v) is 99.6. The Kier molecular flexibility index (Phi) is 13.3. The van der Waals surface area contributed by atoms with Crippen LogP contribution in [0, 0.1) is 0 Å². The third kappa shape index (κ3) is 7.28. The Labute approximate surface area is 361 Å². The van der Waals surface area contributed by atoms with Gasteiger partial charge in [0.1, 0.15) is 6.79 Å². The van der Waals surface area contributed by atoms with Crippen LogP contribution in [0.2, 0.25) is 0 Å². The van der Waals surface area contributed by atoms with Gasteiger partial charge in [-0.25, -0.2) is 0 Å². The zero-order valence-electron chi connectivity index (χ0n) is 33.4. The van der Waals surface area contributed by atoms with E-state index in [2.05, 4.69) is 273 Å². The summed E-state index contributed by atoms with van der Waals surface area (Å²) >= 11 is -2.44. The molecule has 0 radical (unpaired) electrons. The van der Waals surface area contributed by atoms with Crippen molar-refractivity contribution in [2.45, 2.75) is 0 Å². The van der Waals surface area contributed by atoms with E-state index in [9.17, 15) is 0 Å². The van der Waals surface area contributed by atoms with Gasteiger partial charge in [0.2, 0.25) is 0 Å². The molecule has 9 aromatic rings. The van der Waals surface area contributed by atoms with Crippen molar-refractivity contribution in [3.05, 3.63) is 273 Å². The van der Waals surface area contributed by atoms with Crippen molar-refractivity contribution in [2.75, 3.05) is 0 Å². The normalized spacial score (nSPS) is 12.6. The number of carbonyl (C=O) groups is 1. The Morgan fingerprint density at radius 2 is 0.300 bits per heavy atom. The van der Waals surface area contributed by atoms with Crippen LogP contribution in [-0.2, 0) is 19.3 Å². The van der Waals surface area contributed by atoms with E-state index in [1.54, 1.807) is 0 Å². The van der Waals surface area contributed by atoms with Crippen molar-refractivity contribution in [3.8, 4) is 0 Å². The summed E-state index contributed by atoms with van der Waals surface area (Å²) < 4.78 is 0. The third-order valence-corrected chi connectivity index (χ3v) is 73.1. The molecule has 0 aromatic heterocycles. The molecule has 9 rings (SSSR count). The van der Waals surface area contributed by atoms with E-state index >= 15 is 0 Å². The van der Waals surface area contributed by atoms with Crippen molar-refractivity contribution in [1.82, 2.24) is 0 Å². The molecule has 0 N–H and O–H groups in total. The summed E-state index contributed by atoms with van der Waals surface area (Å²) in [5.74, 6) is 0. The Balaban J connectivity index is 0.00000246. The van der Waals surface area contributed by atoms with Crippen molar-refractivity contribution in [1.29, 1.82) is 0 Å². The molecule has 0 amide bonds. The van der Waals surface area contributed by atoms with Crippen LogP contribution in [0.15, 0.2) is 273 Å². The van der Waals surface area contributed by atoms with Crippen molar-refractivity contribution >= 4 is 71.3 Å². The first-order chi connectivity index (χ1) is 29.8. The fourth-order valence-electron chi connectivity index (χ4n) is 8.87. The van der Waals surface area contributed by atoms with E-state index in [1.165, 1.54) is 47.7 Å². The molecule has 0 heterocycles. The average Bonchev–Trinajstić information content (AvgIpc) is 3.36. The van der Waals surface area contributed by atoms with Gasteiger partial charge in [-0.2, -0.15) is 0 Å². The van der Waals surface area contributed by atoms with E-state index in [-0.39, 0.29) is 0 Å². The van der Waals surface area contributed by atoms with Crippen LogP contribution >= 0.6 is 16.8 Å². The molecule has 0 unspecified atom stereocenters. The summed E-state index contributed by atoms with van der Waals surface area (Å²) in [4.78, 5) is 8.00. The second-order valence-corrected chi connectivity index (χ2v) is 47.5. The predicted molar refractivity (Wildman–Crippen MR) is 267 cm³/mol. The molecule has 1 nitrogen and oxygen atoms in total. The summed E-state index contributed by atoms with van der Waals surface area (Å²) in [6.45, 7) is 2.00. The molecule has 0 bridgehead atoms. The predicted octanol–water partition coefficient (Wildman–Crippen LogP) is 9.34. The van der Waals surface area contributed by atoms with E-state index in [0.29, 0.717) is 0 Å². The van der Waals surface area contributed by atoms with Crippen LogP contribution in [0.3, 0.4) is 0 Å². The van der Waals surface area contributed by atoms with Gasteiger partial charge in [-0.3, -0.25) is 0 Å². The molecule has 0 atom stereocenters. The Hall–Kier alpha value is -5.44. The summed E-state index contributed by atoms with van der Waals surface area (Å²) in [6, 6.07) is 106. The molecule has 0 aliphatic rings. The van der Waals surface area contributed by atoms with Gasteiger partial charge in [-0.05, 0) is 0 Å². The molecule has 0 saturated heterocycles. The Bertz CT molecular complexity index is 2070. The number of hydrogen-bond acceptors (Lipinski definition) is 1. The van der Waals surface area contributed by atoms with Crippen LogP contribution in [-0.4, -0.2) is 6.79 Å². The molecular formula is C55H50OP3Rh. The second kappa shape index (κ2) is 19.3. The molecule has 60 heavy (non-hydrogen) atoms. The molecule has 0 saturated carbocycles.